The van der Waals surface area contributed by atoms with Gasteiger partial charge in [0, 0.05) is 37.1 Å². The minimum Gasteiger partial charge on any atom is -0.332 e. The van der Waals surface area contributed by atoms with Gasteiger partial charge in [-0.1, -0.05) is 11.6 Å². The van der Waals surface area contributed by atoms with Gasteiger partial charge < -0.3 is 10.2 Å². The van der Waals surface area contributed by atoms with Gasteiger partial charge in [0.15, 0.2) is 0 Å². The predicted octanol–water partition coefficient (Wildman–Crippen LogP) is 4.67. The van der Waals surface area contributed by atoms with E-state index in [0.29, 0.717) is 11.1 Å². The summed E-state index contributed by atoms with van der Waals surface area (Å²) in [7, 11) is 0. The van der Waals surface area contributed by atoms with Crippen LogP contribution >= 0.6 is 11.6 Å². The van der Waals surface area contributed by atoms with Crippen LogP contribution in [0.4, 0.5) is 18.9 Å². The summed E-state index contributed by atoms with van der Waals surface area (Å²) < 4.78 is 43.2. The van der Waals surface area contributed by atoms with E-state index in [1.807, 2.05) is 0 Å². The van der Waals surface area contributed by atoms with Crippen LogP contribution in [0.15, 0.2) is 61.2 Å². The number of rotatable bonds is 4. The lowest BCUT2D eigenvalue weighted by atomic mass is 9.93. The zero-order chi connectivity index (χ0) is 23.6. The molecule has 1 saturated heterocycles. The summed E-state index contributed by atoms with van der Waals surface area (Å²) in [6.07, 6.45) is 5.02. The highest BCUT2D eigenvalue weighted by molar-refractivity contribution is 6.30. The number of amides is 2. The molecule has 4 rings (SSSR count). The standard InChI is InChI=1S/C23H18ClF3N4O2/c24-18-8-20(11-29-10-18)30-21(32)17-9-23(26,27)13-31(12-17)22(33)16-5-15(6-19(25)7-16)14-1-3-28-4-2-14/h1-8,10-11,17H,9,12-13H2,(H,30,32). The van der Waals surface area contributed by atoms with E-state index < -0.39 is 42.4 Å². The van der Waals surface area contributed by atoms with Crippen LogP contribution in [-0.4, -0.2) is 45.7 Å². The van der Waals surface area contributed by atoms with Crippen molar-refractivity contribution in [3.8, 4) is 11.1 Å². The molecule has 3 heterocycles. The zero-order valence-corrected chi connectivity index (χ0v) is 17.9. The van der Waals surface area contributed by atoms with Crippen molar-refractivity contribution in [2.45, 2.75) is 12.3 Å². The largest absolute Gasteiger partial charge is 0.332 e. The maximum absolute atomic E-state index is 14.5. The summed E-state index contributed by atoms with van der Waals surface area (Å²) in [5.74, 6) is -6.62. The molecular formula is C23H18ClF3N4O2. The lowest BCUT2D eigenvalue weighted by molar-refractivity contribution is -0.130. The Morgan fingerprint density at radius 1 is 1.06 bits per heavy atom. The van der Waals surface area contributed by atoms with Crippen molar-refractivity contribution in [2.75, 3.05) is 18.4 Å². The van der Waals surface area contributed by atoms with E-state index in [1.165, 1.54) is 43.0 Å². The van der Waals surface area contributed by atoms with Crippen LogP contribution in [0.3, 0.4) is 0 Å². The van der Waals surface area contributed by atoms with E-state index in [1.54, 1.807) is 12.1 Å². The Labute approximate surface area is 192 Å². The van der Waals surface area contributed by atoms with Crippen molar-refractivity contribution >= 4 is 29.1 Å². The molecule has 0 bridgehead atoms. The van der Waals surface area contributed by atoms with Gasteiger partial charge in [0.2, 0.25) is 5.91 Å². The zero-order valence-electron chi connectivity index (χ0n) is 17.1. The van der Waals surface area contributed by atoms with E-state index in [4.69, 9.17) is 11.6 Å². The second-order valence-electron chi connectivity index (χ2n) is 7.79. The molecule has 6 nitrogen and oxygen atoms in total. The number of carbonyl (C=O) groups is 2. The number of alkyl halides is 2. The van der Waals surface area contributed by atoms with E-state index >= 15 is 0 Å². The number of piperidine rings is 1. The van der Waals surface area contributed by atoms with Gasteiger partial charge in [0.25, 0.3) is 11.8 Å². The Morgan fingerprint density at radius 2 is 1.82 bits per heavy atom. The van der Waals surface area contributed by atoms with Gasteiger partial charge in [0.1, 0.15) is 5.82 Å². The monoisotopic (exact) mass is 474 g/mol. The third-order valence-electron chi connectivity index (χ3n) is 5.20. The second kappa shape index (κ2) is 9.19. The number of pyridine rings is 2. The van der Waals surface area contributed by atoms with Crippen LogP contribution in [0.2, 0.25) is 5.02 Å². The normalized spacial score (nSPS) is 17.5. The highest BCUT2D eigenvalue weighted by Gasteiger charge is 2.44. The molecule has 1 aliphatic heterocycles. The van der Waals surface area contributed by atoms with E-state index in [0.717, 1.165) is 11.0 Å². The van der Waals surface area contributed by atoms with Crippen molar-refractivity contribution in [3.05, 3.63) is 77.6 Å². The van der Waals surface area contributed by atoms with Gasteiger partial charge in [0.05, 0.1) is 29.4 Å². The van der Waals surface area contributed by atoms with Crippen LogP contribution in [-0.2, 0) is 4.79 Å². The average molecular weight is 475 g/mol. The number of benzene rings is 1. The minimum absolute atomic E-state index is 0.0855. The maximum atomic E-state index is 14.5. The average Bonchev–Trinajstić information content (AvgIpc) is 2.77. The summed E-state index contributed by atoms with van der Waals surface area (Å²) in [5.41, 5.74) is 1.20. The van der Waals surface area contributed by atoms with Gasteiger partial charge in [-0.3, -0.25) is 19.6 Å². The second-order valence-corrected chi connectivity index (χ2v) is 8.22. The van der Waals surface area contributed by atoms with E-state index in [9.17, 15) is 22.8 Å². The van der Waals surface area contributed by atoms with Gasteiger partial charge >= 0.3 is 0 Å². The molecule has 2 aromatic heterocycles. The van der Waals surface area contributed by atoms with Gasteiger partial charge in [-0.05, 0) is 47.5 Å². The quantitative estimate of drug-likeness (QED) is 0.596. The molecule has 0 spiro atoms. The Hall–Kier alpha value is -3.46. The fraction of sp³-hybridized carbons (Fsp3) is 0.217. The molecule has 0 radical (unpaired) electrons. The number of aromatic nitrogens is 2. The molecule has 1 N–H and O–H groups in total. The van der Waals surface area contributed by atoms with Crippen molar-refractivity contribution in [2.24, 2.45) is 5.92 Å². The Balaban J connectivity index is 1.56. The highest BCUT2D eigenvalue weighted by Crippen LogP contribution is 2.33. The number of carbonyl (C=O) groups excluding carboxylic acids is 2. The smallest absolute Gasteiger partial charge is 0.266 e. The topological polar surface area (TPSA) is 75.2 Å². The first-order valence-corrected chi connectivity index (χ1v) is 10.4. The number of nitrogens with one attached hydrogen (secondary N) is 1. The molecular weight excluding hydrogens is 457 g/mol. The summed E-state index contributed by atoms with van der Waals surface area (Å²) >= 11 is 5.84. The molecule has 1 atom stereocenters. The van der Waals surface area contributed by atoms with Gasteiger partial charge in [-0.2, -0.15) is 0 Å². The van der Waals surface area contributed by atoms with Crippen molar-refractivity contribution in [1.82, 2.24) is 14.9 Å². The van der Waals surface area contributed by atoms with Crippen LogP contribution in [0, 0.1) is 11.7 Å². The molecule has 1 unspecified atom stereocenters. The SMILES string of the molecule is O=C(Nc1cncc(Cl)c1)C1CN(C(=O)c2cc(F)cc(-c3ccncc3)c2)CC(F)(F)C1. The fourth-order valence-electron chi connectivity index (χ4n) is 3.76. The van der Waals surface area contributed by atoms with Crippen LogP contribution in [0.1, 0.15) is 16.8 Å². The molecule has 0 saturated carbocycles. The lowest BCUT2D eigenvalue weighted by Gasteiger charge is -2.37. The number of hydrogen-bond acceptors (Lipinski definition) is 4. The number of anilines is 1. The molecule has 1 aromatic carbocycles. The molecule has 10 heteroatoms. The molecule has 0 aliphatic carbocycles. The Bertz CT molecular complexity index is 1190. The van der Waals surface area contributed by atoms with Gasteiger partial charge in [-0.15, -0.1) is 0 Å². The first-order valence-electron chi connectivity index (χ1n) is 10.00. The molecule has 33 heavy (non-hydrogen) atoms. The van der Waals surface area contributed by atoms with Crippen LogP contribution in [0.5, 0.6) is 0 Å². The summed E-state index contributed by atoms with van der Waals surface area (Å²) in [4.78, 5) is 34.3. The number of halogens is 4. The number of hydrogen-bond donors (Lipinski definition) is 1. The van der Waals surface area contributed by atoms with Crippen LogP contribution in [0.25, 0.3) is 11.1 Å². The Morgan fingerprint density at radius 3 is 2.55 bits per heavy atom. The molecule has 1 aliphatic rings. The maximum Gasteiger partial charge on any atom is 0.266 e. The number of nitrogens with zero attached hydrogens (tertiary/aromatic N) is 3. The molecule has 2 amide bonds. The highest BCUT2D eigenvalue weighted by atomic mass is 35.5. The summed E-state index contributed by atoms with van der Waals surface area (Å²) in [6.45, 7) is -1.11. The third kappa shape index (κ3) is 5.48. The van der Waals surface area contributed by atoms with Crippen LogP contribution < -0.4 is 5.32 Å². The van der Waals surface area contributed by atoms with Crippen molar-refractivity contribution < 1.29 is 22.8 Å². The number of likely N-dealkylation sites (tertiary alicyclic amines) is 1. The van der Waals surface area contributed by atoms with E-state index in [-0.39, 0.29) is 22.8 Å². The van der Waals surface area contributed by atoms with Crippen molar-refractivity contribution in [3.63, 3.8) is 0 Å². The minimum atomic E-state index is -3.29. The van der Waals surface area contributed by atoms with E-state index in [2.05, 4.69) is 15.3 Å². The fourth-order valence-corrected chi connectivity index (χ4v) is 3.93. The van der Waals surface area contributed by atoms with Crippen molar-refractivity contribution in [1.29, 1.82) is 0 Å². The molecule has 170 valence electrons. The Kier molecular flexibility index (Phi) is 6.33. The summed E-state index contributed by atoms with van der Waals surface area (Å²) in [6, 6.07) is 8.38. The molecule has 3 aromatic rings. The third-order valence-corrected chi connectivity index (χ3v) is 5.40. The lowest BCUT2D eigenvalue weighted by Crippen LogP contribution is -2.52. The first kappa shape index (κ1) is 22.7. The first-order chi connectivity index (χ1) is 15.7. The van der Waals surface area contributed by atoms with Gasteiger partial charge in [-0.25, -0.2) is 13.2 Å². The summed E-state index contributed by atoms with van der Waals surface area (Å²) in [5, 5.41) is 2.78. The predicted molar refractivity (Wildman–Crippen MR) is 116 cm³/mol. The molecule has 1 fully saturated rings.